The van der Waals surface area contributed by atoms with Gasteiger partial charge in [0.1, 0.15) is 4.90 Å². The molecule has 0 aliphatic carbocycles. The molecule has 0 fully saturated rings. The van der Waals surface area contributed by atoms with Crippen LogP contribution in [0.15, 0.2) is 78.2 Å². The number of carbonyl (C=O) groups is 1. The van der Waals surface area contributed by atoms with Gasteiger partial charge in [-0.2, -0.15) is 0 Å². The third kappa shape index (κ3) is 3.76. The fraction of sp³-hybridized carbons (Fsp3) is 0.0870. The number of hydrogen-bond donors (Lipinski definition) is 1. The smallest absolute Gasteiger partial charge is 0.263 e. The summed E-state index contributed by atoms with van der Waals surface area (Å²) in [4.78, 5) is 24.0. The van der Waals surface area contributed by atoms with Gasteiger partial charge in [0.05, 0.1) is 11.9 Å². The molecule has 4 heterocycles. The quantitative estimate of drug-likeness (QED) is 0.478. The van der Waals surface area contributed by atoms with Crippen LogP contribution in [-0.2, 0) is 16.6 Å². The monoisotopic (exact) mass is 462 g/mol. The lowest BCUT2D eigenvalue weighted by molar-refractivity contribution is 0.0816. The third-order valence-electron chi connectivity index (χ3n) is 5.20. The first-order valence-corrected chi connectivity index (χ1v) is 12.1. The van der Waals surface area contributed by atoms with Crippen LogP contribution in [-0.4, -0.2) is 36.2 Å². The van der Waals surface area contributed by atoms with Gasteiger partial charge >= 0.3 is 0 Å². The van der Waals surface area contributed by atoms with Crippen molar-refractivity contribution < 1.29 is 13.2 Å². The number of rotatable bonds is 5. The van der Waals surface area contributed by atoms with Gasteiger partial charge in [0.15, 0.2) is 0 Å². The summed E-state index contributed by atoms with van der Waals surface area (Å²) in [5.74, 6) is 0.0510. The topological polar surface area (TPSA) is 92.3 Å². The van der Waals surface area contributed by atoms with E-state index < -0.39 is 10.0 Å². The maximum Gasteiger partial charge on any atom is 0.263 e. The van der Waals surface area contributed by atoms with E-state index in [0.717, 1.165) is 32.0 Å². The minimum absolute atomic E-state index is 0.0510. The van der Waals surface area contributed by atoms with E-state index >= 15 is 0 Å². The first-order chi connectivity index (χ1) is 15.4. The minimum Gasteiger partial charge on any atom is -0.337 e. The van der Waals surface area contributed by atoms with Crippen LogP contribution in [0.1, 0.15) is 15.9 Å². The number of benzene rings is 1. The number of hydrogen-bond acceptors (Lipinski definition) is 6. The average molecular weight is 463 g/mol. The van der Waals surface area contributed by atoms with Crippen LogP contribution >= 0.6 is 11.3 Å². The zero-order valence-electron chi connectivity index (χ0n) is 17.0. The largest absolute Gasteiger partial charge is 0.337 e. The maximum atomic E-state index is 12.6. The number of anilines is 1. The van der Waals surface area contributed by atoms with E-state index in [-0.39, 0.29) is 10.8 Å². The summed E-state index contributed by atoms with van der Waals surface area (Å²) >= 11 is 1.58. The molecule has 7 nitrogen and oxygen atoms in total. The minimum atomic E-state index is -3.75. The predicted octanol–water partition coefficient (Wildman–Crippen LogP) is 4.26. The van der Waals surface area contributed by atoms with E-state index in [0.29, 0.717) is 12.2 Å². The van der Waals surface area contributed by atoms with Crippen molar-refractivity contribution in [1.82, 2.24) is 14.9 Å². The Hall–Kier alpha value is -3.56. The molecule has 1 amide bonds. The van der Waals surface area contributed by atoms with Crippen LogP contribution in [0.25, 0.3) is 20.9 Å². The summed E-state index contributed by atoms with van der Waals surface area (Å²) in [6, 6.07) is 14.7. The molecule has 4 aromatic rings. The molecule has 0 atom stereocenters. The van der Waals surface area contributed by atoms with Gasteiger partial charge in [0.25, 0.3) is 15.9 Å². The van der Waals surface area contributed by atoms with Gasteiger partial charge in [0, 0.05) is 53.1 Å². The van der Waals surface area contributed by atoms with Gasteiger partial charge in [-0.05, 0) is 53.6 Å². The standard InChI is InChI=1S/C23H18N4O3S2/c1-27-14-17-9-15(4-5-20(17)23(27)28)21-6-7-22(31-21)16-10-18(12-25-11-16)26-32(29,30)19-3-2-8-24-13-19/h2-13,26H,14H2,1H3. The van der Waals surface area contributed by atoms with Crippen molar-refractivity contribution in [3.63, 3.8) is 0 Å². The van der Waals surface area contributed by atoms with E-state index in [4.69, 9.17) is 0 Å². The van der Waals surface area contributed by atoms with Crippen molar-refractivity contribution >= 4 is 33.0 Å². The summed E-state index contributed by atoms with van der Waals surface area (Å²) in [6.45, 7) is 0.614. The van der Waals surface area contributed by atoms with E-state index in [2.05, 4.69) is 20.8 Å². The SMILES string of the molecule is CN1Cc2cc(-c3ccc(-c4cncc(NS(=O)(=O)c5cccnc5)c4)s3)ccc2C1=O. The van der Waals surface area contributed by atoms with Gasteiger partial charge in [-0.25, -0.2) is 8.42 Å². The fourth-order valence-electron chi connectivity index (χ4n) is 3.62. The van der Waals surface area contributed by atoms with Crippen molar-refractivity contribution in [2.24, 2.45) is 0 Å². The molecule has 0 bridgehead atoms. The average Bonchev–Trinajstić information content (AvgIpc) is 3.39. The Morgan fingerprint density at radius 1 is 0.969 bits per heavy atom. The number of fused-ring (bicyclic) bond motifs is 1. The molecule has 160 valence electrons. The lowest BCUT2D eigenvalue weighted by Crippen LogP contribution is -2.17. The summed E-state index contributed by atoms with van der Waals surface area (Å²) in [5, 5.41) is 0. The number of nitrogens with zero attached hydrogens (tertiary/aromatic N) is 3. The van der Waals surface area contributed by atoms with Gasteiger partial charge in [-0.15, -0.1) is 11.3 Å². The van der Waals surface area contributed by atoms with Crippen molar-refractivity contribution in [1.29, 1.82) is 0 Å². The highest BCUT2D eigenvalue weighted by molar-refractivity contribution is 7.92. The van der Waals surface area contributed by atoms with Crippen LogP contribution < -0.4 is 4.72 Å². The van der Waals surface area contributed by atoms with Crippen LogP contribution in [0.2, 0.25) is 0 Å². The lowest BCUT2D eigenvalue weighted by atomic mass is 10.1. The second-order valence-corrected chi connectivity index (χ2v) is 10.2. The molecule has 3 aromatic heterocycles. The molecule has 0 saturated heterocycles. The number of sulfonamides is 1. The summed E-state index contributed by atoms with van der Waals surface area (Å²) in [5.41, 5.74) is 4.01. The first kappa shape index (κ1) is 20.3. The molecule has 1 N–H and O–H groups in total. The van der Waals surface area contributed by atoms with E-state index in [1.165, 1.54) is 24.7 Å². The fourth-order valence-corrected chi connectivity index (χ4v) is 5.60. The van der Waals surface area contributed by atoms with Crippen molar-refractivity contribution in [2.45, 2.75) is 11.4 Å². The summed E-state index contributed by atoms with van der Waals surface area (Å²) in [7, 11) is -1.95. The molecule has 1 aromatic carbocycles. The Morgan fingerprint density at radius 2 is 1.78 bits per heavy atom. The van der Waals surface area contributed by atoms with Gasteiger partial charge in [0.2, 0.25) is 0 Å². The van der Waals surface area contributed by atoms with Crippen LogP contribution in [0.4, 0.5) is 5.69 Å². The lowest BCUT2D eigenvalue weighted by Gasteiger charge is -2.08. The normalized spacial score (nSPS) is 13.3. The third-order valence-corrected chi connectivity index (χ3v) is 7.75. The second-order valence-electron chi connectivity index (χ2n) is 7.45. The molecule has 32 heavy (non-hydrogen) atoms. The number of pyridine rings is 2. The van der Waals surface area contributed by atoms with Crippen LogP contribution in [0.3, 0.4) is 0 Å². The van der Waals surface area contributed by atoms with E-state index in [9.17, 15) is 13.2 Å². The van der Waals surface area contributed by atoms with Crippen LogP contribution in [0, 0.1) is 0 Å². The van der Waals surface area contributed by atoms with E-state index in [1.807, 2.05) is 24.3 Å². The second kappa shape index (κ2) is 7.85. The Morgan fingerprint density at radius 3 is 2.56 bits per heavy atom. The molecule has 0 unspecified atom stereocenters. The zero-order chi connectivity index (χ0) is 22.3. The number of amides is 1. The highest BCUT2D eigenvalue weighted by atomic mass is 32.2. The molecule has 9 heteroatoms. The summed E-state index contributed by atoms with van der Waals surface area (Å²) in [6.07, 6.45) is 5.99. The molecule has 0 spiro atoms. The van der Waals surface area contributed by atoms with Gasteiger partial charge in [-0.1, -0.05) is 6.07 Å². The molecule has 1 aliphatic rings. The van der Waals surface area contributed by atoms with Crippen molar-refractivity contribution in [2.75, 3.05) is 11.8 Å². The first-order valence-electron chi connectivity index (χ1n) is 9.77. The van der Waals surface area contributed by atoms with Gasteiger partial charge < -0.3 is 4.90 Å². The maximum absolute atomic E-state index is 12.6. The van der Waals surface area contributed by atoms with Crippen LogP contribution in [0.5, 0.6) is 0 Å². The number of thiophene rings is 1. The predicted molar refractivity (Wildman–Crippen MR) is 124 cm³/mol. The Labute approximate surface area is 189 Å². The highest BCUT2D eigenvalue weighted by Crippen LogP contribution is 2.36. The Balaban J connectivity index is 1.41. The molecule has 5 rings (SSSR count). The van der Waals surface area contributed by atoms with Crippen molar-refractivity contribution in [3.8, 4) is 20.9 Å². The van der Waals surface area contributed by atoms with Gasteiger partial charge in [-0.3, -0.25) is 19.5 Å². The highest BCUT2D eigenvalue weighted by Gasteiger charge is 2.24. The number of carbonyl (C=O) groups excluding carboxylic acids is 1. The molecule has 0 saturated carbocycles. The Bertz CT molecular complexity index is 1430. The number of nitrogens with one attached hydrogen (secondary N) is 1. The zero-order valence-corrected chi connectivity index (χ0v) is 18.7. The Kier molecular flexibility index (Phi) is 4.99. The number of aromatic nitrogens is 2. The van der Waals surface area contributed by atoms with Crippen molar-refractivity contribution in [3.05, 3.63) is 84.4 Å². The molecule has 1 aliphatic heterocycles. The molecular weight excluding hydrogens is 444 g/mol. The van der Waals surface area contributed by atoms with E-state index in [1.54, 1.807) is 41.6 Å². The summed E-state index contributed by atoms with van der Waals surface area (Å²) < 4.78 is 27.7. The molecule has 0 radical (unpaired) electrons. The molecular formula is C23H18N4O3S2.